The van der Waals surface area contributed by atoms with Gasteiger partial charge >= 0.3 is 12.1 Å². The molecule has 4 rings (SSSR count). The Hall–Kier alpha value is -2.88. The summed E-state index contributed by atoms with van der Waals surface area (Å²) >= 11 is 0. The van der Waals surface area contributed by atoms with Crippen LogP contribution in [0.2, 0.25) is 0 Å². The molecule has 1 aromatic heterocycles. The number of hydrogen-bond donors (Lipinski definition) is 1. The third-order valence-corrected chi connectivity index (χ3v) is 6.94. The molecule has 1 N–H and O–H groups in total. The second kappa shape index (κ2) is 10.0. The van der Waals surface area contributed by atoms with Gasteiger partial charge in [-0.15, -0.1) is 0 Å². The van der Waals surface area contributed by atoms with Crippen molar-refractivity contribution in [2.75, 3.05) is 26.4 Å². The molecule has 2 aromatic rings. The van der Waals surface area contributed by atoms with Gasteiger partial charge in [0.2, 0.25) is 0 Å². The fourth-order valence-electron chi connectivity index (χ4n) is 4.87. The summed E-state index contributed by atoms with van der Waals surface area (Å²) in [6, 6.07) is 3.42. The lowest BCUT2D eigenvalue weighted by Crippen LogP contribution is -2.40. The molecule has 3 heterocycles. The zero-order chi connectivity index (χ0) is 25.2. The van der Waals surface area contributed by atoms with Gasteiger partial charge in [-0.1, -0.05) is 13.0 Å². The number of fused-ring (bicyclic) bond motifs is 1. The number of amides is 1. The molecular formula is C25H30F3N3O4. The lowest BCUT2D eigenvalue weighted by Gasteiger charge is -2.36. The van der Waals surface area contributed by atoms with Crippen LogP contribution in [0.15, 0.2) is 18.2 Å². The van der Waals surface area contributed by atoms with Gasteiger partial charge in [-0.2, -0.15) is 18.3 Å². The molecule has 2 aliphatic heterocycles. The topological polar surface area (TPSA) is 82.5 Å². The maximum absolute atomic E-state index is 13.1. The van der Waals surface area contributed by atoms with Crippen molar-refractivity contribution in [3.63, 3.8) is 0 Å². The molecule has 0 radical (unpaired) electrons. The highest BCUT2D eigenvalue weighted by Gasteiger charge is 2.39. The van der Waals surface area contributed by atoms with Crippen molar-refractivity contribution in [3.05, 3.63) is 51.8 Å². The van der Waals surface area contributed by atoms with E-state index < -0.39 is 17.7 Å². The molecular weight excluding hydrogens is 463 g/mol. The minimum Gasteiger partial charge on any atom is -0.462 e. The van der Waals surface area contributed by atoms with E-state index in [1.807, 2.05) is 11.6 Å². The van der Waals surface area contributed by atoms with E-state index in [0.29, 0.717) is 51.1 Å². The third-order valence-electron chi connectivity index (χ3n) is 6.94. The molecule has 190 valence electrons. The largest absolute Gasteiger partial charge is 0.462 e. The number of aromatic nitrogens is 2. The zero-order valence-electron chi connectivity index (χ0n) is 20.0. The number of alkyl halides is 3. The summed E-state index contributed by atoms with van der Waals surface area (Å²) in [7, 11) is 0. The van der Waals surface area contributed by atoms with Gasteiger partial charge in [0.05, 0.1) is 34.7 Å². The molecule has 10 heteroatoms. The van der Waals surface area contributed by atoms with Gasteiger partial charge in [-0.25, -0.2) is 4.79 Å². The monoisotopic (exact) mass is 493 g/mol. The Kier molecular flexibility index (Phi) is 7.21. The number of rotatable bonds is 6. The van der Waals surface area contributed by atoms with Crippen molar-refractivity contribution >= 4 is 11.9 Å². The van der Waals surface area contributed by atoms with Gasteiger partial charge < -0.3 is 14.8 Å². The lowest BCUT2D eigenvalue weighted by atomic mass is 9.76. The maximum atomic E-state index is 13.1. The van der Waals surface area contributed by atoms with E-state index in [4.69, 9.17) is 9.47 Å². The highest BCUT2D eigenvalue weighted by atomic mass is 19.4. The summed E-state index contributed by atoms with van der Waals surface area (Å²) in [6.07, 6.45) is -1.09. The molecule has 1 spiro atoms. The van der Waals surface area contributed by atoms with E-state index in [-0.39, 0.29) is 29.1 Å². The van der Waals surface area contributed by atoms with E-state index in [9.17, 15) is 22.8 Å². The first-order valence-electron chi connectivity index (χ1n) is 11.9. The van der Waals surface area contributed by atoms with Crippen molar-refractivity contribution in [1.29, 1.82) is 0 Å². The molecule has 0 bridgehead atoms. The van der Waals surface area contributed by atoms with Crippen LogP contribution in [0.3, 0.4) is 0 Å². The third kappa shape index (κ3) is 5.37. The second-order valence-corrected chi connectivity index (χ2v) is 9.33. The standard InChI is InChI=1S/C25H30F3N3O4/c1-3-19-21-20(14-24(15-29-22(21)32)7-11-34-12-8-24)31(30-19)9-4-10-35-23(33)17-6-5-16(2)18(13-17)25(26,27)28/h5-6,13H,3-4,7-12,14-15H2,1-2H3,(H,29,32). The Bertz CT molecular complexity index is 1100. The fraction of sp³-hybridized carbons (Fsp3) is 0.560. The summed E-state index contributed by atoms with van der Waals surface area (Å²) in [6.45, 7) is 5.66. The molecule has 7 nitrogen and oxygen atoms in total. The van der Waals surface area contributed by atoms with Crippen LogP contribution >= 0.6 is 0 Å². The van der Waals surface area contributed by atoms with Crippen LogP contribution in [0.4, 0.5) is 13.2 Å². The Morgan fingerprint density at radius 2 is 2.03 bits per heavy atom. The van der Waals surface area contributed by atoms with Crippen LogP contribution in [-0.4, -0.2) is 48.0 Å². The SMILES string of the molecule is CCc1nn(CCCOC(=O)c2ccc(C)c(C(F)(F)F)c2)c2c1C(=O)NCC1(CCOCC1)C2. The predicted molar refractivity (Wildman–Crippen MR) is 121 cm³/mol. The van der Waals surface area contributed by atoms with E-state index in [2.05, 4.69) is 10.4 Å². The number of aryl methyl sites for hydroxylation is 3. The van der Waals surface area contributed by atoms with Gasteiger partial charge in [0.1, 0.15) is 0 Å². The summed E-state index contributed by atoms with van der Waals surface area (Å²) in [5.74, 6) is -0.915. The fourth-order valence-corrected chi connectivity index (χ4v) is 4.87. The first-order chi connectivity index (χ1) is 16.6. The summed E-state index contributed by atoms with van der Waals surface area (Å²) in [5.41, 5.74) is 1.24. The van der Waals surface area contributed by atoms with Crippen LogP contribution in [0.5, 0.6) is 0 Å². The Morgan fingerprint density at radius 1 is 1.29 bits per heavy atom. The number of ether oxygens (including phenoxy) is 2. The Balaban J connectivity index is 1.44. The van der Waals surface area contributed by atoms with E-state index in [1.54, 1.807) is 0 Å². The van der Waals surface area contributed by atoms with E-state index in [0.717, 1.165) is 30.3 Å². The normalized spacial score (nSPS) is 17.6. The number of carbonyl (C=O) groups is 2. The van der Waals surface area contributed by atoms with Gasteiger partial charge in [-0.3, -0.25) is 9.48 Å². The lowest BCUT2D eigenvalue weighted by molar-refractivity contribution is -0.138. The average molecular weight is 494 g/mol. The van der Waals surface area contributed by atoms with E-state index >= 15 is 0 Å². The molecule has 1 saturated heterocycles. The van der Waals surface area contributed by atoms with Crippen LogP contribution in [0.1, 0.15) is 69.4 Å². The van der Waals surface area contributed by atoms with Crippen molar-refractivity contribution in [2.24, 2.45) is 5.41 Å². The maximum Gasteiger partial charge on any atom is 0.416 e. The molecule has 1 aromatic carbocycles. The first kappa shape index (κ1) is 25.2. The summed E-state index contributed by atoms with van der Waals surface area (Å²) in [5, 5.41) is 7.73. The van der Waals surface area contributed by atoms with Gasteiger partial charge in [-0.05, 0) is 55.7 Å². The van der Waals surface area contributed by atoms with Crippen molar-refractivity contribution in [2.45, 2.75) is 58.7 Å². The van der Waals surface area contributed by atoms with Crippen molar-refractivity contribution < 1.29 is 32.2 Å². The van der Waals surface area contributed by atoms with Gasteiger partial charge in [0, 0.05) is 32.7 Å². The second-order valence-electron chi connectivity index (χ2n) is 9.33. The predicted octanol–water partition coefficient (Wildman–Crippen LogP) is 4.10. The molecule has 0 unspecified atom stereocenters. The minimum atomic E-state index is -4.54. The number of nitrogens with one attached hydrogen (secondary N) is 1. The zero-order valence-corrected chi connectivity index (χ0v) is 20.0. The number of halogens is 3. The average Bonchev–Trinajstić information content (AvgIpc) is 3.10. The number of nitrogens with zero attached hydrogens (tertiary/aromatic N) is 2. The Morgan fingerprint density at radius 3 is 2.71 bits per heavy atom. The van der Waals surface area contributed by atoms with Crippen LogP contribution < -0.4 is 5.32 Å². The molecule has 1 fully saturated rings. The van der Waals surface area contributed by atoms with Crippen LogP contribution in [-0.2, 0) is 35.0 Å². The highest BCUT2D eigenvalue weighted by Crippen LogP contribution is 2.37. The molecule has 0 saturated carbocycles. The summed E-state index contributed by atoms with van der Waals surface area (Å²) < 4.78 is 52.1. The summed E-state index contributed by atoms with van der Waals surface area (Å²) in [4.78, 5) is 25.2. The van der Waals surface area contributed by atoms with E-state index in [1.165, 1.54) is 19.1 Å². The highest BCUT2D eigenvalue weighted by molar-refractivity contribution is 5.97. The van der Waals surface area contributed by atoms with Gasteiger partial charge in [0.25, 0.3) is 5.91 Å². The Labute approximate surface area is 202 Å². The number of hydrogen-bond acceptors (Lipinski definition) is 5. The number of carbonyl (C=O) groups excluding carboxylic acids is 2. The van der Waals surface area contributed by atoms with Crippen LogP contribution in [0.25, 0.3) is 0 Å². The molecule has 0 atom stereocenters. The smallest absolute Gasteiger partial charge is 0.416 e. The number of benzene rings is 1. The van der Waals surface area contributed by atoms with Crippen LogP contribution in [0, 0.1) is 12.3 Å². The van der Waals surface area contributed by atoms with Crippen molar-refractivity contribution in [3.8, 4) is 0 Å². The quantitative estimate of drug-likeness (QED) is 0.484. The molecule has 0 aliphatic carbocycles. The first-order valence-corrected chi connectivity index (χ1v) is 11.9. The molecule has 35 heavy (non-hydrogen) atoms. The minimum absolute atomic E-state index is 0.0231. The van der Waals surface area contributed by atoms with Crippen molar-refractivity contribution in [1.82, 2.24) is 15.1 Å². The number of esters is 1. The van der Waals surface area contributed by atoms with Gasteiger partial charge in [0.15, 0.2) is 0 Å². The molecule has 2 aliphatic rings. The molecule has 1 amide bonds.